The summed E-state index contributed by atoms with van der Waals surface area (Å²) in [5.41, 5.74) is 3.54. The summed E-state index contributed by atoms with van der Waals surface area (Å²) in [6, 6.07) is 21.2. The van der Waals surface area contributed by atoms with Crippen LogP contribution in [-0.4, -0.2) is 14.7 Å². The van der Waals surface area contributed by atoms with Crippen molar-refractivity contribution in [3.05, 3.63) is 66.0 Å². The highest BCUT2D eigenvalue weighted by Crippen LogP contribution is 2.36. The molecule has 1 nitrogen and oxygen atoms in total. The van der Waals surface area contributed by atoms with Crippen LogP contribution in [0.5, 0.6) is 5.75 Å². The van der Waals surface area contributed by atoms with E-state index in [2.05, 4.69) is 63.3 Å². The van der Waals surface area contributed by atoms with Gasteiger partial charge in [0, 0.05) is 17.8 Å². The lowest BCUT2D eigenvalue weighted by Gasteiger charge is -2.22. The molecule has 1 aromatic heterocycles. The number of unbranched alkanes of at least 4 members (excludes halogenated alkanes) is 4. The topological polar surface area (TPSA) is 9.23 Å². The van der Waals surface area contributed by atoms with Gasteiger partial charge in [-0.15, -0.1) is 11.3 Å². The first-order chi connectivity index (χ1) is 16.9. The predicted molar refractivity (Wildman–Crippen MR) is 155 cm³/mol. The van der Waals surface area contributed by atoms with E-state index in [1.165, 1.54) is 66.6 Å². The van der Waals surface area contributed by atoms with Gasteiger partial charge in [0.05, 0.1) is 6.61 Å². The highest BCUT2D eigenvalue weighted by molar-refractivity contribution is 7.18. The SMILES string of the molecule is CCCCCCc1ccc(-c2ccc(-c3ccc(OCCC[Si](C)(C)CCCC)c(F)c3)s2)cc1. The van der Waals surface area contributed by atoms with Crippen molar-refractivity contribution in [1.29, 1.82) is 0 Å². The van der Waals surface area contributed by atoms with Crippen molar-refractivity contribution in [2.24, 2.45) is 0 Å². The summed E-state index contributed by atoms with van der Waals surface area (Å²) in [5, 5.41) is 0. The minimum Gasteiger partial charge on any atom is -0.491 e. The van der Waals surface area contributed by atoms with Gasteiger partial charge in [-0.1, -0.05) is 95.4 Å². The molecule has 0 saturated heterocycles. The first-order valence-corrected chi connectivity index (χ1v) is 17.8. The fraction of sp³-hybridized carbons (Fsp3) is 0.484. The van der Waals surface area contributed by atoms with Crippen molar-refractivity contribution >= 4 is 19.4 Å². The van der Waals surface area contributed by atoms with Crippen molar-refractivity contribution < 1.29 is 9.13 Å². The van der Waals surface area contributed by atoms with Crippen LogP contribution in [0.1, 0.15) is 64.4 Å². The summed E-state index contributed by atoms with van der Waals surface area (Å²) >= 11 is 1.71. The molecule has 0 aliphatic rings. The van der Waals surface area contributed by atoms with E-state index in [9.17, 15) is 4.39 Å². The minimum absolute atomic E-state index is 0.271. The maximum atomic E-state index is 14.8. The molecule has 0 unspecified atom stereocenters. The summed E-state index contributed by atoms with van der Waals surface area (Å²) in [4.78, 5) is 2.30. The average Bonchev–Trinajstić information content (AvgIpc) is 3.35. The van der Waals surface area contributed by atoms with E-state index >= 15 is 0 Å². The second kappa shape index (κ2) is 14.0. The van der Waals surface area contributed by atoms with Gasteiger partial charge in [0.1, 0.15) is 0 Å². The number of hydrogen-bond acceptors (Lipinski definition) is 2. The zero-order valence-electron chi connectivity index (χ0n) is 22.2. The summed E-state index contributed by atoms with van der Waals surface area (Å²) in [5.74, 6) is 0.0976. The molecule has 0 N–H and O–H groups in total. The summed E-state index contributed by atoms with van der Waals surface area (Å²) < 4.78 is 20.6. The number of halogens is 1. The lowest BCUT2D eigenvalue weighted by molar-refractivity contribution is 0.301. The van der Waals surface area contributed by atoms with Crippen LogP contribution in [0.3, 0.4) is 0 Å². The average molecular weight is 511 g/mol. The molecule has 1 heterocycles. The van der Waals surface area contributed by atoms with E-state index < -0.39 is 8.07 Å². The van der Waals surface area contributed by atoms with Crippen LogP contribution < -0.4 is 4.74 Å². The Morgan fingerprint density at radius 2 is 1.40 bits per heavy atom. The Kier molecular flexibility index (Phi) is 11.1. The van der Waals surface area contributed by atoms with Crippen LogP contribution in [0.2, 0.25) is 25.2 Å². The third kappa shape index (κ3) is 8.91. The first-order valence-electron chi connectivity index (χ1n) is 13.5. The molecule has 0 atom stereocenters. The Morgan fingerprint density at radius 1 is 0.743 bits per heavy atom. The van der Waals surface area contributed by atoms with Gasteiger partial charge in [-0.25, -0.2) is 4.39 Å². The Hall–Kier alpha value is -1.91. The van der Waals surface area contributed by atoms with E-state index in [0.717, 1.165) is 23.3 Å². The molecule has 3 rings (SSSR count). The van der Waals surface area contributed by atoms with Gasteiger partial charge < -0.3 is 4.74 Å². The quantitative estimate of drug-likeness (QED) is 0.146. The van der Waals surface area contributed by atoms with Crippen LogP contribution in [0.25, 0.3) is 20.9 Å². The van der Waals surface area contributed by atoms with Crippen molar-refractivity contribution in [2.45, 2.75) is 90.4 Å². The molecule has 190 valence electrons. The van der Waals surface area contributed by atoms with Crippen molar-refractivity contribution in [1.82, 2.24) is 0 Å². The molecule has 0 amide bonds. The maximum Gasteiger partial charge on any atom is 0.165 e. The van der Waals surface area contributed by atoms with E-state index in [4.69, 9.17) is 4.74 Å². The molecule has 0 aliphatic heterocycles. The fourth-order valence-corrected chi connectivity index (χ4v) is 8.19. The molecule has 0 saturated carbocycles. The van der Waals surface area contributed by atoms with Crippen LogP contribution in [0.15, 0.2) is 54.6 Å². The normalized spacial score (nSPS) is 11.7. The van der Waals surface area contributed by atoms with Gasteiger partial charge in [-0.05, 0) is 66.3 Å². The molecule has 2 aromatic carbocycles. The molecule has 0 bridgehead atoms. The van der Waals surface area contributed by atoms with E-state index in [1.807, 2.05) is 6.07 Å². The predicted octanol–water partition coefficient (Wildman–Crippen LogP) is 10.6. The molecular formula is C31H43FOSSi. The number of thiophene rings is 1. The Bertz CT molecular complexity index is 1020. The van der Waals surface area contributed by atoms with E-state index in [1.54, 1.807) is 23.5 Å². The van der Waals surface area contributed by atoms with Gasteiger partial charge in [-0.3, -0.25) is 0 Å². The number of rotatable bonds is 15. The third-order valence-corrected chi connectivity index (χ3v) is 11.4. The molecule has 3 aromatic rings. The van der Waals surface area contributed by atoms with Crippen LogP contribution in [-0.2, 0) is 6.42 Å². The Balaban J connectivity index is 1.54. The number of hydrogen-bond donors (Lipinski definition) is 0. The van der Waals surface area contributed by atoms with Gasteiger partial charge in [-0.2, -0.15) is 0 Å². The van der Waals surface area contributed by atoms with Crippen molar-refractivity contribution in [3.8, 4) is 26.6 Å². The van der Waals surface area contributed by atoms with Crippen LogP contribution in [0, 0.1) is 5.82 Å². The zero-order valence-corrected chi connectivity index (χ0v) is 24.0. The number of aryl methyl sites for hydroxylation is 1. The molecule has 0 fully saturated rings. The highest BCUT2D eigenvalue weighted by atomic mass is 32.1. The van der Waals surface area contributed by atoms with Crippen molar-refractivity contribution in [3.63, 3.8) is 0 Å². The van der Waals surface area contributed by atoms with E-state index in [-0.39, 0.29) is 5.82 Å². The molecule has 0 spiro atoms. The van der Waals surface area contributed by atoms with Gasteiger partial charge in [0.15, 0.2) is 11.6 Å². The summed E-state index contributed by atoms with van der Waals surface area (Å²) in [6.07, 6.45) is 9.93. The fourth-order valence-electron chi connectivity index (χ4n) is 4.52. The van der Waals surface area contributed by atoms with Gasteiger partial charge in [0.2, 0.25) is 0 Å². The van der Waals surface area contributed by atoms with E-state index in [0.29, 0.717) is 12.4 Å². The Labute approximate surface area is 217 Å². The second-order valence-electron chi connectivity index (χ2n) is 10.5. The summed E-state index contributed by atoms with van der Waals surface area (Å²) in [7, 11) is -1.14. The molecule has 0 radical (unpaired) electrons. The van der Waals surface area contributed by atoms with Gasteiger partial charge >= 0.3 is 0 Å². The number of benzene rings is 2. The van der Waals surface area contributed by atoms with Crippen molar-refractivity contribution in [2.75, 3.05) is 6.61 Å². The lowest BCUT2D eigenvalue weighted by atomic mass is 10.0. The number of ether oxygens (including phenoxy) is 1. The highest BCUT2D eigenvalue weighted by Gasteiger charge is 2.19. The molecule has 4 heteroatoms. The monoisotopic (exact) mass is 510 g/mol. The smallest absolute Gasteiger partial charge is 0.165 e. The summed E-state index contributed by atoms with van der Waals surface area (Å²) in [6.45, 7) is 10.0. The maximum absolute atomic E-state index is 14.8. The Morgan fingerprint density at radius 3 is 2.09 bits per heavy atom. The van der Waals surface area contributed by atoms with Crippen LogP contribution in [0.4, 0.5) is 4.39 Å². The van der Waals surface area contributed by atoms with Crippen LogP contribution >= 0.6 is 11.3 Å². The molecule has 35 heavy (non-hydrogen) atoms. The third-order valence-electron chi connectivity index (χ3n) is 6.84. The van der Waals surface area contributed by atoms with Gasteiger partial charge in [0.25, 0.3) is 0 Å². The molecule has 0 aliphatic carbocycles. The first kappa shape index (κ1) is 27.7. The largest absolute Gasteiger partial charge is 0.491 e. The second-order valence-corrected chi connectivity index (χ2v) is 16.9. The minimum atomic E-state index is -1.14. The lowest BCUT2D eigenvalue weighted by Crippen LogP contribution is -2.25. The molecular weight excluding hydrogens is 467 g/mol. The zero-order chi connectivity index (χ0) is 25.1. The standard InChI is InChI=1S/C31H43FOSSi/c1-5-7-9-10-12-25-13-15-26(16-14-25)30-19-20-31(34-30)27-17-18-29(28(32)24-27)33-21-11-23-35(3,4)22-8-6-2/h13-20,24H,5-12,21-23H2,1-4H3.